The van der Waals surface area contributed by atoms with Crippen LogP contribution in [-0.2, 0) is 5.75 Å². The second kappa shape index (κ2) is 9.47. The molecule has 3 aromatic rings. The van der Waals surface area contributed by atoms with Crippen LogP contribution < -0.4 is 14.8 Å². The van der Waals surface area contributed by atoms with Crippen LogP contribution in [-0.4, -0.2) is 30.3 Å². The first kappa shape index (κ1) is 20.7. The third-order valence-electron chi connectivity index (χ3n) is 3.62. The molecule has 0 aliphatic heterocycles. The molecule has 0 fully saturated rings. The van der Waals surface area contributed by atoms with Crippen LogP contribution in [0, 0.1) is 0 Å². The normalized spacial score (nSPS) is 10.6. The fourth-order valence-corrected chi connectivity index (χ4v) is 4.33. The van der Waals surface area contributed by atoms with E-state index >= 15 is 0 Å². The van der Waals surface area contributed by atoms with Gasteiger partial charge in [-0.3, -0.25) is 10.1 Å². The smallest absolute Gasteiger partial charge is 0.261 e. The summed E-state index contributed by atoms with van der Waals surface area (Å²) < 4.78 is 11.2. The summed E-state index contributed by atoms with van der Waals surface area (Å²) in [7, 11) is 3.00. The van der Waals surface area contributed by atoms with Gasteiger partial charge in [-0.15, -0.1) is 10.2 Å². The molecule has 0 saturated heterocycles. The molecule has 0 aliphatic rings. The molecule has 28 heavy (non-hydrogen) atoms. The fraction of sp³-hybridized carbons (Fsp3) is 0.167. The molecule has 146 valence electrons. The summed E-state index contributed by atoms with van der Waals surface area (Å²) in [5.41, 5.74) is 1.36. The van der Waals surface area contributed by atoms with Gasteiger partial charge in [-0.05, 0) is 29.8 Å². The zero-order valence-corrected chi connectivity index (χ0v) is 18.0. The summed E-state index contributed by atoms with van der Waals surface area (Å²) in [6.07, 6.45) is 0. The number of aromatic nitrogens is 2. The molecule has 1 heterocycles. The van der Waals surface area contributed by atoms with Crippen LogP contribution in [0.1, 0.15) is 15.9 Å². The van der Waals surface area contributed by atoms with Crippen molar-refractivity contribution in [3.05, 3.63) is 57.6 Å². The van der Waals surface area contributed by atoms with Crippen LogP contribution >= 0.6 is 46.3 Å². The van der Waals surface area contributed by atoms with E-state index in [4.69, 9.17) is 32.7 Å². The Bertz CT molecular complexity index is 998. The summed E-state index contributed by atoms with van der Waals surface area (Å²) in [5.74, 6) is 1.14. The highest BCUT2D eigenvalue weighted by molar-refractivity contribution is 8.00. The molecule has 0 unspecified atom stereocenters. The number of hydrogen-bond donors (Lipinski definition) is 1. The lowest BCUT2D eigenvalue weighted by molar-refractivity contribution is 0.102. The van der Waals surface area contributed by atoms with E-state index in [0.29, 0.717) is 38.0 Å². The Morgan fingerprint density at radius 1 is 1.14 bits per heavy atom. The molecule has 0 saturated carbocycles. The van der Waals surface area contributed by atoms with Crippen molar-refractivity contribution < 1.29 is 14.3 Å². The van der Waals surface area contributed by atoms with Crippen molar-refractivity contribution in [1.82, 2.24) is 10.2 Å². The Morgan fingerprint density at radius 2 is 1.96 bits per heavy atom. The molecule has 0 bridgehead atoms. The number of ether oxygens (including phenoxy) is 2. The minimum atomic E-state index is -0.354. The summed E-state index contributed by atoms with van der Waals surface area (Å²) in [4.78, 5) is 12.6. The first-order chi connectivity index (χ1) is 13.5. The molecule has 0 spiro atoms. The number of halogens is 2. The van der Waals surface area contributed by atoms with Crippen molar-refractivity contribution in [3.63, 3.8) is 0 Å². The maximum Gasteiger partial charge on any atom is 0.261 e. The highest BCUT2D eigenvalue weighted by atomic mass is 35.5. The molecule has 2 aromatic carbocycles. The summed E-state index contributed by atoms with van der Waals surface area (Å²) in [6.45, 7) is 0. The van der Waals surface area contributed by atoms with Crippen LogP contribution in [0.4, 0.5) is 5.13 Å². The number of methoxy groups -OCH3 is 2. The standard InChI is InChI=1S/C18H15Cl2N3O3S2/c1-25-14-5-3-4-11(15(14)26-2)16(24)21-17-22-23-18(28-17)27-9-10-6-7-12(19)13(20)8-10/h3-8H,9H2,1-2H3,(H,21,22,24). The lowest BCUT2D eigenvalue weighted by Crippen LogP contribution is -2.13. The number of anilines is 1. The van der Waals surface area contributed by atoms with Crippen LogP contribution in [0.25, 0.3) is 0 Å². The van der Waals surface area contributed by atoms with Crippen molar-refractivity contribution in [3.8, 4) is 11.5 Å². The average Bonchev–Trinajstić information content (AvgIpc) is 3.15. The van der Waals surface area contributed by atoms with E-state index in [1.165, 1.54) is 37.3 Å². The molecule has 0 radical (unpaired) electrons. The van der Waals surface area contributed by atoms with E-state index in [1.54, 1.807) is 24.3 Å². The summed E-state index contributed by atoms with van der Waals surface area (Å²) >= 11 is 14.7. The molecular formula is C18H15Cl2N3O3S2. The van der Waals surface area contributed by atoms with Gasteiger partial charge in [0.1, 0.15) is 0 Å². The number of nitrogens with one attached hydrogen (secondary N) is 1. The van der Waals surface area contributed by atoms with Crippen molar-refractivity contribution in [2.24, 2.45) is 0 Å². The average molecular weight is 456 g/mol. The van der Waals surface area contributed by atoms with Crippen LogP contribution in [0.2, 0.25) is 10.0 Å². The van der Waals surface area contributed by atoms with E-state index in [2.05, 4.69) is 15.5 Å². The first-order valence-corrected chi connectivity index (χ1v) is 10.5. The van der Waals surface area contributed by atoms with Crippen molar-refractivity contribution in [2.75, 3.05) is 19.5 Å². The predicted octanol–water partition coefficient (Wildman–Crippen LogP) is 5.41. The molecule has 3 rings (SSSR count). The van der Waals surface area contributed by atoms with Crippen molar-refractivity contribution in [1.29, 1.82) is 0 Å². The molecule has 1 aromatic heterocycles. The van der Waals surface area contributed by atoms with Gasteiger partial charge in [0.2, 0.25) is 5.13 Å². The van der Waals surface area contributed by atoms with Gasteiger partial charge in [0.25, 0.3) is 5.91 Å². The van der Waals surface area contributed by atoms with Crippen LogP contribution in [0.3, 0.4) is 0 Å². The van der Waals surface area contributed by atoms with Crippen molar-refractivity contribution in [2.45, 2.75) is 10.1 Å². The summed E-state index contributed by atoms with van der Waals surface area (Å²) in [5, 5.41) is 12.3. The van der Waals surface area contributed by atoms with Gasteiger partial charge >= 0.3 is 0 Å². The van der Waals surface area contributed by atoms with Gasteiger partial charge < -0.3 is 9.47 Å². The topological polar surface area (TPSA) is 73.3 Å². The molecular weight excluding hydrogens is 441 g/mol. The number of amides is 1. The minimum Gasteiger partial charge on any atom is -0.493 e. The fourth-order valence-electron chi connectivity index (χ4n) is 2.32. The predicted molar refractivity (Wildman–Crippen MR) is 113 cm³/mol. The van der Waals surface area contributed by atoms with Gasteiger partial charge in [0.05, 0.1) is 29.8 Å². The quantitative estimate of drug-likeness (QED) is 0.379. The number of hydrogen-bond acceptors (Lipinski definition) is 7. The Balaban J connectivity index is 1.66. The highest BCUT2D eigenvalue weighted by Gasteiger charge is 2.18. The lowest BCUT2D eigenvalue weighted by atomic mass is 10.1. The highest BCUT2D eigenvalue weighted by Crippen LogP contribution is 2.33. The van der Waals surface area contributed by atoms with E-state index in [9.17, 15) is 4.79 Å². The molecule has 0 atom stereocenters. The van der Waals surface area contributed by atoms with E-state index in [-0.39, 0.29) is 5.91 Å². The molecule has 1 amide bonds. The molecule has 10 heteroatoms. The monoisotopic (exact) mass is 455 g/mol. The Kier molecular flexibility index (Phi) is 7.01. The third-order valence-corrected chi connectivity index (χ3v) is 6.40. The first-order valence-electron chi connectivity index (χ1n) is 7.94. The number of para-hydroxylation sites is 1. The van der Waals surface area contributed by atoms with Gasteiger partial charge in [-0.2, -0.15) is 0 Å². The van der Waals surface area contributed by atoms with Gasteiger partial charge in [-0.25, -0.2) is 0 Å². The Hall–Kier alpha value is -2.00. The second-order valence-electron chi connectivity index (χ2n) is 5.41. The van der Waals surface area contributed by atoms with Gasteiger partial charge in [0, 0.05) is 5.75 Å². The van der Waals surface area contributed by atoms with Crippen LogP contribution in [0.15, 0.2) is 40.7 Å². The number of carbonyl (C=O) groups is 1. The zero-order valence-electron chi connectivity index (χ0n) is 14.9. The Labute approximate surface area is 180 Å². The Morgan fingerprint density at radius 3 is 2.68 bits per heavy atom. The SMILES string of the molecule is COc1cccc(C(=O)Nc2nnc(SCc3ccc(Cl)c(Cl)c3)s2)c1OC. The maximum atomic E-state index is 12.6. The summed E-state index contributed by atoms with van der Waals surface area (Å²) in [6, 6.07) is 10.6. The maximum absolute atomic E-state index is 12.6. The van der Waals surface area contributed by atoms with Gasteiger partial charge in [0.15, 0.2) is 15.8 Å². The lowest BCUT2D eigenvalue weighted by Gasteiger charge is -2.11. The van der Waals surface area contributed by atoms with E-state index < -0.39 is 0 Å². The van der Waals surface area contributed by atoms with Crippen LogP contribution in [0.5, 0.6) is 11.5 Å². The third kappa shape index (κ3) is 4.88. The van der Waals surface area contributed by atoms with E-state index in [0.717, 1.165) is 9.90 Å². The molecule has 1 N–H and O–H groups in total. The largest absolute Gasteiger partial charge is 0.493 e. The number of nitrogens with zero attached hydrogens (tertiary/aromatic N) is 2. The minimum absolute atomic E-state index is 0.349. The number of carbonyl (C=O) groups excluding carboxylic acids is 1. The van der Waals surface area contributed by atoms with E-state index in [1.807, 2.05) is 12.1 Å². The molecule has 6 nitrogen and oxygen atoms in total. The zero-order chi connectivity index (χ0) is 20.1. The van der Waals surface area contributed by atoms with Crippen molar-refractivity contribution >= 4 is 57.3 Å². The van der Waals surface area contributed by atoms with Gasteiger partial charge in [-0.1, -0.05) is 58.4 Å². The number of benzene rings is 2. The number of rotatable bonds is 7. The molecule has 0 aliphatic carbocycles. The number of thioether (sulfide) groups is 1. The second-order valence-corrected chi connectivity index (χ2v) is 8.42.